The number of benzene rings is 1. The monoisotopic (exact) mass is 250 g/mol. The highest BCUT2D eigenvalue weighted by Crippen LogP contribution is 2.13. The van der Waals surface area contributed by atoms with Gasteiger partial charge in [0, 0.05) is 18.2 Å². The Bertz CT molecular complexity index is 380. The molecule has 0 radical (unpaired) electrons. The molecule has 4 heteroatoms. The molecule has 1 unspecified atom stereocenters. The van der Waals surface area contributed by atoms with Gasteiger partial charge in [-0.15, -0.1) is 0 Å². The number of amides is 1. The number of carbonyl (C=O) groups excluding carboxylic acids is 1. The van der Waals surface area contributed by atoms with Crippen LogP contribution in [0.25, 0.3) is 0 Å². The summed E-state index contributed by atoms with van der Waals surface area (Å²) in [6.45, 7) is 5.13. The van der Waals surface area contributed by atoms with Gasteiger partial charge in [-0.3, -0.25) is 4.79 Å². The van der Waals surface area contributed by atoms with E-state index in [9.17, 15) is 4.79 Å². The first-order valence-electron chi connectivity index (χ1n) is 6.37. The van der Waals surface area contributed by atoms with E-state index in [2.05, 4.69) is 19.2 Å². The molecule has 1 aromatic rings. The first-order valence-corrected chi connectivity index (χ1v) is 6.37. The molecule has 100 valence electrons. The predicted molar refractivity (Wildman–Crippen MR) is 73.4 cm³/mol. The number of nitrogens with one attached hydrogen (secondary N) is 1. The molecule has 0 aliphatic carbocycles. The molecule has 0 aliphatic rings. The Balaban J connectivity index is 2.17. The summed E-state index contributed by atoms with van der Waals surface area (Å²) in [5, 5.41) is 2.84. The van der Waals surface area contributed by atoms with Crippen LogP contribution in [0.15, 0.2) is 24.3 Å². The quantitative estimate of drug-likeness (QED) is 0.576. The fourth-order valence-electron chi connectivity index (χ4n) is 1.50. The smallest absolute Gasteiger partial charge is 0.220 e. The molecular formula is C14H22N2O2. The fourth-order valence-corrected chi connectivity index (χ4v) is 1.50. The number of hydrogen-bond donors (Lipinski definition) is 2. The van der Waals surface area contributed by atoms with Crippen LogP contribution in [0.1, 0.15) is 26.7 Å². The number of nitrogens with two attached hydrogens (primary N) is 1. The molecule has 0 aliphatic heterocycles. The Hall–Kier alpha value is -1.71. The Labute approximate surface area is 109 Å². The fraction of sp³-hybridized carbons (Fsp3) is 0.500. The normalized spacial score (nSPS) is 11.9. The van der Waals surface area contributed by atoms with Crippen molar-refractivity contribution in [3.8, 4) is 5.75 Å². The van der Waals surface area contributed by atoms with Crippen molar-refractivity contribution < 1.29 is 9.53 Å². The second kappa shape index (κ2) is 7.58. The lowest BCUT2D eigenvalue weighted by atomic mass is 10.1. The Morgan fingerprint density at radius 1 is 1.50 bits per heavy atom. The Morgan fingerprint density at radius 2 is 2.28 bits per heavy atom. The summed E-state index contributed by atoms with van der Waals surface area (Å²) >= 11 is 0. The lowest BCUT2D eigenvalue weighted by Gasteiger charge is -2.10. The molecule has 0 spiro atoms. The van der Waals surface area contributed by atoms with Crippen molar-refractivity contribution in [3.63, 3.8) is 0 Å². The average molecular weight is 250 g/mol. The van der Waals surface area contributed by atoms with Crippen molar-refractivity contribution >= 4 is 11.6 Å². The van der Waals surface area contributed by atoms with E-state index in [-0.39, 0.29) is 5.91 Å². The Kier molecular flexibility index (Phi) is 6.05. The van der Waals surface area contributed by atoms with Crippen LogP contribution < -0.4 is 15.8 Å². The maximum Gasteiger partial charge on any atom is 0.220 e. The number of anilines is 1. The van der Waals surface area contributed by atoms with Gasteiger partial charge < -0.3 is 15.8 Å². The first-order chi connectivity index (χ1) is 8.61. The standard InChI is InChI=1S/C14H22N2O2/c1-3-11(2)9-14(17)16-7-8-18-13-6-4-5-12(15)10-13/h4-6,10-11H,3,7-9,15H2,1-2H3,(H,16,17). The topological polar surface area (TPSA) is 64.3 Å². The lowest BCUT2D eigenvalue weighted by Crippen LogP contribution is -2.29. The van der Waals surface area contributed by atoms with Gasteiger partial charge in [0.25, 0.3) is 0 Å². The van der Waals surface area contributed by atoms with Crippen LogP contribution in [0.5, 0.6) is 5.75 Å². The minimum atomic E-state index is 0.0838. The van der Waals surface area contributed by atoms with E-state index in [0.29, 0.717) is 31.2 Å². The van der Waals surface area contributed by atoms with Gasteiger partial charge in [0.2, 0.25) is 5.91 Å². The molecule has 4 nitrogen and oxygen atoms in total. The van der Waals surface area contributed by atoms with Crippen LogP contribution in [-0.4, -0.2) is 19.1 Å². The van der Waals surface area contributed by atoms with Crippen LogP contribution in [0.2, 0.25) is 0 Å². The van der Waals surface area contributed by atoms with Crippen molar-refractivity contribution in [2.45, 2.75) is 26.7 Å². The highest BCUT2D eigenvalue weighted by Gasteiger charge is 2.06. The molecule has 0 saturated heterocycles. The predicted octanol–water partition coefficient (Wildman–Crippen LogP) is 2.20. The third-order valence-corrected chi connectivity index (χ3v) is 2.78. The van der Waals surface area contributed by atoms with E-state index < -0.39 is 0 Å². The SMILES string of the molecule is CCC(C)CC(=O)NCCOc1cccc(N)c1. The molecule has 18 heavy (non-hydrogen) atoms. The maximum atomic E-state index is 11.5. The zero-order valence-corrected chi connectivity index (χ0v) is 11.1. The maximum absolute atomic E-state index is 11.5. The van der Waals surface area contributed by atoms with E-state index in [1.807, 2.05) is 12.1 Å². The zero-order chi connectivity index (χ0) is 13.4. The second-order valence-electron chi connectivity index (χ2n) is 4.49. The highest BCUT2D eigenvalue weighted by molar-refractivity contribution is 5.76. The van der Waals surface area contributed by atoms with Crippen molar-refractivity contribution in [1.29, 1.82) is 0 Å². The van der Waals surface area contributed by atoms with Crippen LogP contribution in [0.3, 0.4) is 0 Å². The van der Waals surface area contributed by atoms with Gasteiger partial charge in [-0.2, -0.15) is 0 Å². The van der Waals surface area contributed by atoms with E-state index in [0.717, 1.165) is 12.2 Å². The van der Waals surface area contributed by atoms with Gasteiger partial charge in [0.05, 0.1) is 6.54 Å². The van der Waals surface area contributed by atoms with Gasteiger partial charge >= 0.3 is 0 Å². The number of rotatable bonds is 7. The third kappa shape index (κ3) is 5.57. The van der Waals surface area contributed by atoms with Gasteiger partial charge in [-0.05, 0) is 18.1 Å². The van der Waals surface area contributed by atoms with Gasteiger partial charge in [0.1, 0.15) is 12.4 Å². The summed E-state index contributed by atoms with van der Waals surface area (Å²) in [5.41, 5.74) is 6.31. The van der Waals surface area contributed by atoms with E-state index >= 15 is 0 Å². The number of hydrogen-bond acceptors (Lipinski definition) is 3. The van der Waals surface area contributed by atoms with Crippen LogP contribution in [0, 0.1) is 5.92 Å². The third-order valence-electron chi connectivity index (χ3n) is 2.78. The molecule has 0 fully saturated rings. The van der Waals surface area contributed by atoms with Crippen LogP contribution in [0.4, 0.5) is 5.69 Å². The first kappa shape index (κ1) is 14.4. The summed E-state index contributed by atoms with van der Waals surface area (Å²) in [7, 11) is 0. The van der Waals surface area contributed by atoms with Crippen molar-refractivity contribution in [1.82, 2.24) is 5.32 Å². The molecule has 0 heterocycles. The minimum absolute atomic E-state index is 0.0838. The van der Waals surface area contributed by atoms with Crippen molar-refractivity contribution in [2.24, 2.45) is 5.92 Å². The number of carbonyl (C=O) groups is 1. The molecule has 1 amide bonds. The van der Waals surface area contributed by atoms with E-state index in [1.165, 1.54) is 0 Å². The molecule has 1 rings (SSSR count). The highest BCUT2D eigenvalue weighted by atomic mass is 16.5. The molecular weight excluding hydrogens is 228 g/mol. The second-order valence-corrected chi connectivity index (χ2v) is 4.49. The van der Waals surface area contributed by atoms with Crippen LogP contribution >= 0.6 is 0 Å². The van der Waals surface area contributed by atoms with Crippen molar-refractivity contribution in [3.05, 3.63) is 24.3 Å². The summed E-state index contributed by atoms with van der Waals surface area (Å²) in [6.07, 6.45) is 1.60. The molecule has 3 N–H and O–H groups in total. The Morgan fingerprint density at radius 3 is 2.94 bits per heavy atom. The summed E-state index contributed by atoms with van der Waals surface area (Å²) < 4.78 is 5.47. The van der Waals surface area contributed by atoms with E-state index in [1.54, 1.807) is 12.1 Å². The van der Waals surface area contributed by atoms with Gasteiger partial charge in [-0.25, -0.2) is 0 Å². The summed E-state index contributed by atoms with van der Waals surface area (Å²) in [5.74, 6) is 1.24. The lowest BCUT2D eigenvalue weighted by molar-refractivity contribution is -0.122. The molecule has 0 bridgehead atoms. The molecule has 1 aromatic carbocycles. The molecule has 1 atom stereocenters. The summed E-state index contributed by atoms with van der Waals surface area (Å²) in [4.78, 5) is 11.5. The van der Waals surface area contributed by atoms with Crippen LogP contribution in [-0.2, 0) is 4.79 Å². The number of nitrogen functional groups attached to an aromatic ring is 1. The summed E-state index contributed by atoms with van der Waals surface area (Å²) in [6, 6.07) is 7.26. The van der Waals surface area contributed by atoms with Crippen molar-refractivity contribution in [2.75, 3.05) is 18.9 Å². The minimum Gasteiger partial charge on any atom is -0.492 e. The average Bonchev–Trinajstić information content (AvgIpc) is 2.34. The largest absolute Gasteiger partial charge is 0.492 e. The molecule has 0 aromatic heterocycles. The molecule has 0 saturated carbocycles. The van der Waals surface area contributed by atoms with Gasteiger partial charge in [-0.1, -0.05) is 26.3 Å². The van der Waals surface area contributed by atoms with Gasteiger partial charge in [0.15, 0.2) is 0 Å². The number of ether oxygens (including phenoxy) is 1. The van der Waals surface area contributed by atoms with E-state index in [4.69, 9.17) is 10.5 Å². The zero-order valence-electron chi connectivity index (χ0n) is 11.1.